The number of amides is 1. The number of rotatable bonds is 11. The summed E-state index contributed by atoms with van der Waals surface area (Å²) < 4.78 is 27.2. The summed E-state index contributed by atoms with van der Waals surface area (Å²) in [6.07, 6.45) is 6.55. The number of halogens is 1. The minimum atomic E-state index is -0.788. The molecule has 0 unspecified atom stereocenters. The van der Waals surface area contributed by atoms with Crippen LogP contribution < -0.4 is 20.8 Å². The number of allylic oxidation sites excluding steroid dienone is 1. The van der Waals surface area contributed by atoms with Gasteiger partial charge in [0.15, 0.2) is 0 Å². The monoisotopic (exact) mass is 727 g/mol. The van der Waals surface area contributed by atoms with Gasteiger partial charge in [-0.3, -0.25) is 23.8 Å². The molecule has 286 valence electrons. The van der Waals surface area contributed by atoms with Crippen LogP contribution in [0.2, 0.25) is 0 Å². The predicted molar refractivity (Wildman–Crippen MR) is 209 cm³/mol. The van der Waals surface area contributed by atoms with Crippen molar-refractivity contribution < 1.29 is 18.7 Å². The Labute approximate surface area is 314 Å². The van der Waals surface area contributed by atoms with Gasteiger partial charge in [0.05, 0.1) is 38.2 Å². The van der Waals surface area contributed by atoms with Crippen LogP contribution in [-0.2, 0) is 31.4 Å². The highest BCUT2D eigenvalue weighted by Crippen LogP contribution is 2.47. The first-order valence-electron chi connectivity index (χ1n) is 19.0. The first kappa shape index (κ1) is 38.6. The number of alkyl halides is 1. The van der Waals surface area contributed by atoms with Crippen LogP contribution in [0.25, 0.3) is 11.1 Å². The topological polar surface area (TPSA) is 93.3 Å². The third-order valence-electron chi connectivity index (χ3n) is 11.9. The zero-order valence-corrected chi connectivity index (χ0v) is 33.1. The van der Waals surface area contributed by atoms with E-state index in [1.54, 1.807) is 45.8 Å². The molecule has 10 heteroatoms. The average molecular weight is 728 g/mol. The van der Waals surface area contributed by atoms with Crippen LogP contribution in [0.4, 0.5) is 4.39 Å². The number of benzene rings is 2. The van der Waals surface area contributed by atoms with Crippen molar-refractivity contribution >= 4 is 5.91 Å². The van der Waals surface area contributed by atoms with Gasteiger partial charge < -0.3 is 24.7 Å². The smallest absolute Gasteiger partial charge is 0.269 e. The van der Waals surface area contributed by atoms with Crippen molar-refractivity contribution in [2.24, 2.45) is 24.1 Å². The van der Waals surface area contributed by atoms with Gasteiger partial charge in [-0.05, 0) is 85.1 Å². The molecule has 3 aliphatic rings. The minimum Gasteiger partial charge on any atom is -0.496 e. The van der Waals surface area contributed by atoms with Crippen LogP contribution in [0.1, 0.15) is 80.0 Å². The number of nitrogens with zero attached hydrogens (tertiary/aromatic N) is 4. The van der Waals surface area contributed by atoms with E-state index in [2.05, 4.69) is 54.0 Å². The molecule has 0 bridgehead atoms. The lowest BCUT2D eigenvalue weighted by atomic mass is 9.83. The molecule has 53 heavy (non-hydrogen) atoms. The molecule has 0 radical (unpaired) electrons. The van der Waals surface area contributed by atoms with Crippen LogP contribution in [-0.4, -0.2) is 77.8 Å². The largest absolute Gasteiger partial charge is 0.496 e. The number of methoxy groups -OCH3 is 2. The molecule has 2 fully saturated rings. The fourth-order valence-electron chi connectivity index (χ4n) is 8.64. The van der Waals surface area contributed by atoms with Crippen LogP contribution in [0.15, 0.2) is 53.1 Å². The molecule has 1 spiro atoms. The van der Waals surface area contributed by atoms with Gasteiger partial charge >= 0.3 is 0 Å². The maximum absolute atomic E-state index is 13.7. The van der Waals surface area contributed by atoms with Gasteiger partial charge in [-0.1, -0.05) is 45.9 Å². The summed E-state index contributed by atoms with van der Waals surface area (Å²) in [5.74, 6) is 1.54. The van der Waals surface area contributed by atoms with Crippen LogP contribution >= 0.6 is 0 Å². The highest BCUT2D eigenvalue weighted by molar-refractivity contribution is 5.93. The second kappa shape index (κ2) is 14.9. The molecule has 1 saturated carbocycles. The summed E-state index contributed by atoms with van der Waals surface area (Å²) in [5, 5.41) is 0. The Morgan fingerprint density at radius 2 is 1.74 bits per heavy atom. The van der Waals surface area contributed by atoms with E-state index in [1.807, 2.05) is 24.9 Å². The van der Waals surface area contributed by atoms with Gasteiger partial charge in [0, 0.05) is 74.6 Å². The number of ether oxygens (including phenoxy) is 2. The molecule has 2 aromatic carbocycles. The van der Waals surface area contributed by atoms with Crippen LogP contribution in [0.5, 0.6) is 11.5 Å². The molecule has 9 nitrogen and oxygen atoms in total. The number of hydrogen-bond acceptors (Lipinski definition) is 7. The Morgan fingerprint density at radius 3 is 2.34 bits per heavy atom. The highest BCUT2D eigenvalue weighted by Gasteiger charge is 2.51. The number of aromatic nitrogens is 1. The number of carbonyl (C=O) groups is 1. The minimum absolute atomic E-state index is 0.00955. The lowest BCUT2D eigenvalue weighted by Crippen LogP contribution is -2.54. The maximum atomic E-state index is 13.7. The molecule has 3 heterocycles. The maximum Gasteiger partial charge on any atom is 0.269 e. The highest BCUT2D eigenvalue weighted by atomic mass is 19.1. The Morgan fingerprint density at radius 1 is 1.06 bits per heavy atom. The molecule has 1 amide bonds. The fraction of sp³-hybridized carbons (Fsp3) is 0.535. The van der Waals surface area contributed by atoms with Crippen molar-refractivity contribution in [3.63, 3.8) is 0 Å². The van der Waals surface area contributed by atoms with E-state index in [9.17, 15) is 14.0 Å². The average Bonchev–Trinajstić information content (AvgIpc) is 3.91. The zero-order valence-electron chi connectivity index (χ0n) is 33.1. The second-order valence-electron chi connectivity index (χ2n) is 16.6. The van der Waals surface area contributed by atoms with Crippen molar-refractivity contribution in [3.05, 3.63) is 92.0 Å². The van der Waals surface area contributed by atoms with Gasteiger partial charge in [-0.25, -0.2) is 0 Å². The van der Waals surface area contributed by atoms with Gasteiger partial charge in [-0.2, -0.15) is 0 Å². The van der Waals surface area contributed by atoms with Gasteiger partial charge in [0.1, 0.15) is 11.5 Å². The number of nitrogens with two attached hydrogens (primary N) is 1. The van der Waals surface area contributed by atoms with E-state index < -0.39 is 12.1 Å². The summed E-state index contributed by atoms with van der Waals surface area (Å²) in [4.78, 5) is 33.3. The molecule has 1 saturated heterocycles. The fourth-order valence-corrected chi connectivity index (χ4v) is 8.64. The Balaban J connectivity index is 1.20. The summed E-state index contributed by atoms with van der Waals surface area (Å²) in [6, 6.07) is 10.6. The van der Waals surface area contributed by atoms with E-state index in [1.165, 1.54) is 16.7 Å². The summed E-state index contributed by atoms with van der Waals surface area (Å²) >= 11 is 0. The molecule has 1 aromatic heterocycles. The summed E-state index contributed by atoms with van der Waals surface area (Å²) in [5.41, 5.74) is 14.3. The molecule has 1 aliphatic carbocycles. The van der Waals surface area contributed by atoms with E-state index in [4.69, 9.17) is 15.2 Å². The first-order chi connectivity index (χ1) is 25.1. The molecule has 2 N–H and O–H groups in total. The van der Waals surface area contributed by atoms with Crippen molar-refractivity contribution in [1.82, 2.24) is 19.3 Å². The third-order valence-corrected chi connectivity index (χ3v) is 11.9. The molecule has 1 atom stereocenters. The summed E-state index contributed by atoms with van der Waals surface area (Å²) in [7, 11) is 5.20. The molecule has 3 aromatic rings. The SMILES string of the molecule is COc1cc(-c2cn(C)c(=O)c(C)c2C)cc(OC)c1CN1CCN(Cc2cccc3c2CCN(C(=O)/C(N)=C/C(C)(C)CF)[C@H]3C(C)C)C2(CC2)C1. The third kappa shape index (κ3) is 7.49. The normalized spacial score (nSPS) is 19.1. The standard InChI is InChI=1S/C43H58FN5O4/c1-27(2)39-33-12-10-11-30(32(33)13-16-49(39)41(51)36(45)21-42(5,6)25-44)22-48-18-17-47(26-43(48)14-15-43)24-35-37(52-8)19-31(20-38(35)53-9)34-23-46(7)40(50)29(4)28(34)3/h10-12,19-21,23,27,39H,13-18,22,24-26,45H2,1-9H3/b36-21-/t39-/m0/s1. The lowest BCUT2D eigenvalue weighted by Gasteiger charge is -2.44. The lowest BCUT2D eigenvalue weighted by molar-refractivity contribution is -0.131. The second-order valence-corrected chi connectivity index (χ2v) is 16.6. The number of carbonyl (C=O) groups excluding carboxylic acids is 1. The van der Waals surface area contributed by atoms with Crippen molar-refractivity contribution in [1.29, 1.82) is 0 Å². The quantitative estimate of drug-likeness (QED) is 0.227. The number of fused-ring (bicyclic) bond motifs is 1. The van der Waals surface area contributed by atoms with Crippen LogP contribution in [0.3, 0.4) is 0 Å². The molecular formula is C43H58FN5O4. The predicted octanol–water partition coefficient (Wildman–Crippen LogP) is 6.46. The van der Waals surface area contributed by atoms with E-state index in [-0.39, 0.29) is 34.7 Å². The Kier molecular flexibility index (Phi) is 10.9. The van der Waals surface area contributed by atoms with Gasteiger partial charge in [0.25, 0.3) is 11.5 Å². The van der Waals surface area contributed by atoms with Gasteiger partial charge in [0.2, 0.25) is 0 Å². The zero-order chi connectivity index (χ0) is 38.4. The van der Waals surface area contributed by atoms with Crippen molar-refractivity contribution in [2.45, 2.75) is 85.5 Å². The van der Waals surface area contributed by atoms with E-state index in [0.29, 0.717) is 13.1 Å². The first-order valence-corrected chi connectivity index (χ1v) is 19.0. The Hall–Kier alpha value is -4.15. The van der Waals surface area contributed by atoms with E-state index in [0.717, 1.165) is 84.8 Å². The van der Waals surface area contributed by atoms with Crippen molar-refractivity contribution in [2.75, 3.05) is 47.1 Å². The number of piperazine rings is 1. The van der Waals surface area contributed by atoms with Gasteiger partial charge in [-0.15, -0.1) is 0 Å². The number of pyridine rings is 1. The number of aryl methyl sites for hydroxylation is 1. The molecular weight excluding hydrogens is 670 g/mol. The van der Waals surface area contributed by atoms with Crippen molar-refractivity contribution in [3.8, 4) is 22.6 Å². The van der Waals surface area contributed by atoms with Crippen LogP contribution in [0, 0.1) is 25.2 Å². The molecule has 6 rings (SSSR count). The molecule has 2 aliphatic heterocycles. The number of hydrogen-bond donors (Lipinski definition) is 1. The Bertz CT molecular complexity index is 1940. The van der Waals surface area contributed by atoms with E-state index >= 15 is 0 Å². The summed E-state index contributed by atoms with van der Waals surface area (Å²) in [6.45, 7) is 16.1.